The van der Waals surface area contributed by atoms with Gasteiger partial charge >= 0.3 is 0 Å². The molecule has 2 aliphatic carbocycles. The van der Waals surface area contributed by atoms with E-state index in [9.17, 15) is 0 Å². The van der Waals surface area contributed by atoms with Crippen LogP contribution in [0, 0.1) is 13.8 Å². The molecule has 2 atom stereocenters. The summed E-state index contributed by atoms with van der Waals surface area (Å²) >= 11 is 0. The Balaban J connectivity index is 1.61. The number of fused-ring (bicyclic) bond motifs is 2. The van der Waals surface area contributed by atoms with Crippen molar-refractivity contribution in [3.8, 4) is 0 Å². The van der Waals surface area contributed by atoms with E-state index in [-0.39, 0.29) is 0 Å². The summed E-state index contributed by atoms with van der Waals surface area (Å²) in [6.45, 7) is 9.12. The summed E-state index contributed by atoms with van der Waals surface area (Å²) in [6.07, 6.45) is 9.78. The highest BCUT2D eigenvalue weighted by molar-refractivity contribution is 5.70. The fraction of sp³-hybridized carbons (Fsp3) is 0.385. The van der Waals surface area contributed by atoms with Gasteiger partial charge in [-0.2, -0.15) is 0 Å². The molecule has 2 unspecified atom stereocenters. The SMILES string of the molecule is CCC1=Cc2c(C)cccc2C1CCC1C(CC)=Cc2c(C)cccc21. The van der Waals surface area contributed by atoms with Crippen molar-refractivity contribution in [2.75, 3.05) is 0 Å². The molecule has 2 aromatic rings. The third kappa shape index (κ3) is 2.76. The van der Waals surface area contributed by atoms with E-state index in [0.717, 1.165) is 12.8 Å². The first kappa shape index (κ1) is 17.3. The van der Waals surface area contributed by atoms with Gasteiger partial charge in [-0.3, -0.25) is 0 Å². The van der Waals surface area contributed by atoms with Crippen LogP contribution in [0.5, 0.6) is 0 Å². The Bertz CT molecular complexity index is 819. The molecule has 0 saturated carbocycles. The van der Waals surface area contributed by atoms with Crippen LogP contribution in [0.1, 0.15) is 84.7 Å². The zero-order valence-corrected chi connectivity index (χ0v) is 16.6. The summed E-state index contributed by atoms with van der Waals surface area (Å²) in [4.78, 5) is 0. The number of benzene rings is 2. The van der Waals surface area contributed by atoms with E-state index in [4.69, 9.17) is 0 Å². The van der Waals surface area contributed by atoms with E-state index in [2.05, 4.69) is 76.2 Å². The van der Waals surface area contributed by atoms with Gasteiger partial charge in [0.15, 0.2) is 0 Å². The van der Waals surface area contributed by atoms with Crippen LogP contribution >= 0.6 is 0 Å². The summed E-state index contributed by atoms with van der Waals surface area (Å²) in [5, 5.41) is 0. The second-order valence-corrected chi connectivity index (χ2v) is 7.98. The predicted octanol–water partition coefficient (Wildman–Crippen LogP) is 7.57. The zero-order valence-electron chi connectivity index (χ0n) is 16.6. The molecule has 0 fully saturated rings. The van der Waals surface area contributed by atoms with Crippen LogP contribution in [0.4, 0.5) is 0 Å². The first-order chi connectivity index (χ1) is 12.6. The van der Waals surface area contributed by atoms with Crippen LogP contribution in [-0.4, -0.2) is 0 Å². The maximum absolute atomic E-state index is 2.47. The molecule has 0 heterocycles. The zero-order chi connectivity index (χ0) is 18.3. The smallest absolute Gasteiger partial charge is 0.00577 e. The van der Waals surface area contributed by atoms with Gasteiger partial charge in [0.25, 0.3) is 0 Å². The van der Waals surface area contributed by atoms with Crippen LogP contribution in [0.3, 0.4) is 0 Å². The molecule has 0 radical (unpaired) electrons. The van der Waals surface area contributed by atoms with Gasteiger partial charge in [-0.05, 0) is 72.9 Å². The summed E-state index contributed by atoms with van der Waals surface area (Å²) in [6, 6.07) is 13.7. The minimum atomic E-state index is 0.613. The first-order valence-electron chi connectivity index (χ1n) is 10.2. The highest BCUT2D eigenvalue weighted by Crippen LogP contribution is 2.47. The maximum Gasteiger partial charge on any atom is 0.00577 e. The van der Waals surface area contributed by atoms with Crippen molar-refractivity contribution in [1.29, 1.82) is 0 Å². The van der Waals surface area contributed by atoms with Crippen molar-refractivity contribution in [3.05, 3.63) is 80.9 Å². The van der Waals surface area contributed by atoms with Crippen LogP contribution in [0.25, 0.3) is 12.2 Å². The fourth-order valence-corrected chi connectivity index (χ4v) is 5.09. The second-order valence-electron chi connectivity index (χ2n) is 7.98. The van der Waals surface area contributed by atoms with Gasteiger partial charge in [0.2, 0.25) is 0 Å². The van der Waals surface area contributed by atoms with Crippen molar-refractivity contribution in [3.63, 3.8) is 0 Å². The Morgan fingerprint density at radius 3 is 1.46 bits per heavy atom. The van der Waals surface area contributed by atoms with Gasteiger partial charge in [-0.25, -0.2) is 0 Å². The minimum absolute atomic E-state index is 0.613. The number of hydrogen-bond acceptors (Lipinski definition) is 0. The first-order valence-corrected chi connectivity index (χ1v) is 10.2. The maximum atomic E-state index is 2.47. The Hall–Kier alpha value is -2.08. The Morgan fingerprint density at radius 2 is 1.08 bits per heavy atom. The van der Waals surface area contributed by atoms with Crippen LogP contribution in [0.2, 0.25) is 0 Å². The molecule has 0 heteroatoms. The molecule has 26 heavy (non-hydrogen) atoms. The van der Waals surface area contributed by atoms with Crippen molar-refractivity contribution < 1.29 is 0 Å². The topological polar surface area (TPSA) is 0 Å². The number of rotatable bonds is 5. The molecule has 0 bridgehead atoms. The second kappa shape index (κ2) is 6.91. The molecule has 2 aliphatic rings. The van der Waals surface area contributed by atoms with Gasteiger partial charge in [-0.15, -0.1) is 0 Å². The van der Waals surface area contributed by atoms with Gasteiger partial charge in [0, 0.05) is 11.8 Å². The Kier molecular flexibility index (Phi) is 4.61. The molecular weight excluding hydrogens is 312 g/mol. The van der Waals surface area contributed by atoms with Crippen molar-refractivity contribution >= 4 is 12.2 Å². The fourth-order valence-electron chi connectivity index (χ4n) is 5.09. The molecule has 0 saturated heterocycles. The molecule has 134 valence electrons. The third-order valence-electron chi connectivity index (χ3n) is 6.58. The van der Waals surface area contributed by atoms with Crippen molar-refractivity contribution in [1.82, 2.24) is 0 Å². The number of hydrogen-bond donors (Lipinski definition) is 0. The molecule has 0 amide bonds. The van der Waals surface area contributed by atoms with Crippen molar-refractivity contribution in [2.24, 2.45) is 0 Å². The largest absolute Gasteiger partial charge is 0.0624 e. The molecule has 2 aromatic carbocycles. The number of allylic oxidation sites excluding steroid dienone is 2. The van der Waals surface area contributed by atoms with Crippen LogP contribution in [-0.2, 0) is 0 Å². The van der Waals surface area contributed by atoms with Crippen molar-refractivity contribution in [2.45, 2.75) is 65.2 Å². The van der Waals surface area contributed by atoms with E-state index in [1.54, 1.807) is 22.3 Å². The summed E-state index contributed by atoms with van der Waals surface area (Å²) in [5.41, 5.74) is 12.2. The van der Waals surface area contributed by atoms with Crippen LogP contribution in [0.15, 0.2) is 47.5 Å². The molecule has 0 aliphatic heterocycles. The summed E-state index contributed by atoms with van der Waals surface area (Å²) in [7, 11) is 0. The third-order valence-corrected chi connectivity index (χ3v) is 6.58. The summed E-state index contributed by atoms with van der Waals surface area (Å²) in [5.74, 6) is 1.23. The Morgan fingerprint density at radius 1 is 0.654 bits per heavy atom. The van der Waals surface area contributed by atoms with Gasteiger partial charge in [0.05, 0.1) is 0 Å². The lowest BCUT2D eigenvalue weighted by Crippen LogP contribution is -2.05. The summed E-state index contributed by atoms with van der Waals surface area (Å²) < 4.78 is 0. The predicted molar refractivity (Wildman–Crippen MR) is 114 cm³/mol. The molecular formula is C26H30. The monoisotopic (exact) mass is 342 g/mol. The van der Waals surface area contributed by atoms with Crippen LogP contribution < -0.4 is 0 Å². The lowest BCUT2D eigenvalue weighted by molar-refractivity contribution is 0.596. The van der Waals surface area contributed by atoms with Gasteiger partial charge < -0.3 is 0 Å². The normalized spacial score (nSPS) is 20.6. The van der Waals surface area contributed by atoms with E-state index < -0.39 is 0 Å². The average molecular weight is 343 g/mol. The number of aryl methyl sites for hydroxylation is 2. The quantitative estimate of drug-likeness (QED) is 0.525. The lowest BCUT2D eigenvalue weighted by Gasteiger charge is -2.21. The molecule has 0 N–H and O–H groups in total. The lowest BCUT2D eigenvalue weighted by atomic mass is 9.83. The molecule has 0 spiro atoms. The highest BCUT2D eigenvalue weighted by Gasteiger charge is 2.29. The highest BCUT2D eigenvalue weighted by atomic mass is 14.3. The molecule has 0 aromatic heterocycles. The average Bonchev–Trinajstić information content (AvgIpc) is 3.19. The minimum Gasteiger partial charge on any atom is -0.0624 e. The Labute approximate surface area is 158 Å². The van der Waals surface area contributed by atoms with E-state index in [1.165, 1.54) is 35.1 Å². The van der Waals surface area contributed by atoms with Gasteiger partial charge in [0.1, 0.15) is 0 Å². The van der Waals surface area contributed by atoms with E-state index in [1.807, 2.05) is 0 Å². The van der Waals surface area contributed by atoms with E-state index in [0.29, 0.717) is 11.8 Å². The van der Waals surface area contributed by atoms with E-state index >= 15 is 0 Å². The van der Waals surface area contributed by atoms with Gasteiger partial charge in [-0.1, -0.05) is 73.5 Å². The standard InChI is InChI=1S/C26H30/c1-5-19-15-25-17(3)9-7-11-23(25)21(19)13-14-22-20(6-2)16-26-18(4)10-8-12-24(22)26/h7-12,15-16,21-22H,5-6,13-14H2,1-4H3. The molecule has 4 rings (SSSR count). The molecule has 0 nitrogen and oxygen atoms in total.